The topological polar surface area (TPSA) is 59.5 Å². The molecule has 0 amide bonds. The number of methoxy groups -OCH3 is 1. The molecular formula is C23H26ClFN4O2. The Morgan fingerprint density at radius 1 is 1.10 bits per heavy atom. The van der Waals surface area contributed by atoms with Gasteiger partial charge in [-0.1, -0.05) is 11.6 Å². The van der Waals surface area contributed by atoms with Crippen LogP contribution >= 0.6 is 11.6 Å². The largest absolute Gasteiger partial charge is 0.493 e. The summed E-state index contributed by atoms with van der Waals surface area (Å²) < 4.78 is 25.2. The predicted octanol–water partition coefficient (Wildman–Crippen LogP) is 5.43. The molecule has 0 atom stereocenters. The quantitative estimate of drug-likeness (QED) is 0.547. The molecule has 164 valence electrons. The van der Waals surface area contributed by atoms with Crippen molar-refractivity contribution in [3.05, 3.63) is 47.4 Å². The van der Waals surface area contributed by atoms with E-state index in [0.717, 1.165) is 31.1 Å². The van der Waals surface area contributed by atoms with Crippen molar-refractivity contribution in [2.45, 2.75) is 37.8 Å². The van der Waals surface area contributed by atoms with Crippen LogP contribution in [0.3, 0.4) is 0 Å². The molecular weight excluding hydrogens is 419 g/mol. The van der Waals surface area contributed by atoms with E-state index in [1.54, 1.807) is 19.4 Å². The van der Waals surface area contributed by atoms with Crippen molar-refractivity contribution in [2.24, 2.45) is 0 Å². The zero-order valence-corrected chi connectivity index (χ0v) is 18.6. The lowest BCUT2D eigenvalue weighted by Gasteiger charge is -2.33. The summed E-state index contributed by atoms with van der Waals surface area (Å²) in [5.41, 5.74) is 1.32. The van der Waals surface area contributed by atoms with Crippen LogP contribution in [0.25, 0.3) is 10.9 Å². The SMILES string of the molecule is COc1cc2nc(Nc3ccc(F)c(Cl)c3)ncc2cc1OC1CCC(N(C)C)CC1. The number of anilines is 2. The number of hydrogen-bond acceptors (Lipinski definition) is 6. The molecule has 1 aliphatic rings. The van der Waals surface area contributed by atoms with Gasteiger partial charge in [-0.2, -0.15) is 0 Å². The fraction of sp³-hybridized carbons (Fsp3) is 0.391. The Morgan fingerprint density at radius 3 is 2.55 bits per heavy atom. The van der Waals surface area contributed by atoms with Gasteiger partial charge in [0.15, 0.2) is 11.5 Å². The summed E-state index contributed by atoms with van der Waals surface area (Å²) in [4.78, 5) is 11.2. The van der Waals surface area contributed by atoms with Crippen molar-refractivity contribution in [2.75, 3.05) is 26.5 Å². The Hall–Kier alpha value is -2.64. The average molecular weight is 445 g/mol. The molecule has 1 N–H and O–H groups in total. The van der Waals surface area contributed by atoms with Crippen LogP contribution in [-0.4, -0.2) is 48.2 Å². The molecule has 3 aromatic rings. The fourth-order valence-corrected chi connectivity index (χ4v) is 4.09. The van der Waals surface area contributed by atoms with Crippen LogP contribution < -0.4 is 14.8 Å². The van der Waals surface area contributed by atoms with E-state index in [1.807, 2.05) is 12.1 Å². The van der Waals surface area contributed by atoms with Crippen LogP contribution in [0.15, 0.2) is 36.5 Å². The van der Waals surface area contributed by atoms with Gasteiger partial charge in [0.25, 0.3) is 0 Å². The van der Waals surface area contributed by atoms with Crippen LogP contribution in [0.4, 0.5) is 16.0 Å². The van der Waals surface area contributed by atoms with Crippen molar-refractivity contribution < 1.29 is 13.9 Å². The first-order chi connectivity index (χ1) is 14.9. The Morgan fingerprint density at radius 2 is 1.87 bits per heavy atom. The Labute approximate surface area is 186 Å². The number of ether oxygens (including phenoxy) is 2. The van der Waals surface area contributed by atoms with Crippen molar-refractivity contribution in [3.63, 3.8) is 0 Å². The van der Waals surface area contributed by atoms with Crippen LogP contribution in [0, 0.1) is 5.82 Å². The van der Waals surface area contributed by atoms with E-state index in [4.69, 9.17) is 21.1 Å². The van der Waals surface area contributed by atoms with Gasteiger partial charge in [0.1, 0.15) is 5.82 Å². The summed E-state index contributed by atoms with van der Waals surface area (Å²) in [5, 5.41) is 3.93. The zero-order chi connectivity index (χ0) is 22.0. The highest BCUT2D eigenvalue weighted by atomic mass is 35.5. The van der Waals surface area contributed by atoms with Crippen molar-refractivity contribution in [3.8, 4) is 11.5 Å². The first-order valence-corrected chi connectivity index (χ1v) is 10.7. The standard InChI is InChI=1S/C23H26ClFN4O2/c1-29(2)16-5-7-17(8-6-16)31-22-10-14-13-26-23(28-20(14)12-21(22)30-3)27-15-4-9-19(25)18(24)11-15/h4,9-13,16-17H,5-8H2,1-3H3,(H,26,27,28). The number of rotatable bonds is 6. The zero-order valence-electron chi connectivity index (χ0n) is 17.9. The molecule has 1 heterocycles. The monoisotopic (exact) mass is 444 g/mol. The van der Waals surface area contributed by atoms with E-state index in [2.05, 4.69) is 34.3 Å². The molecule has 6 nitrogen and oxygen atoms in total. The minimum Gasteiger partial charge on any atom is -0.493 e. The number of hydrogen-bond donors (Lipinski definition) is 1. The molecule has 1 aromatic heterocycles. The van der Waals surface area contributed by atoms with Gasteiger partial charge < -0.3 is 19.7 Å². The summed E-state index contributed by atoms with van der Waals surface area (Å²) in [5.74, 6) is 1.25. The Kier molecular flexibility index (Phi) is 6.43. The molecule has 4 rings (SSSR count). The molecule has 0 radical (unpaired) electrons. The summed E-state index contributed by atoms with van der Waals surface area (Å²) in [6.45, 7) is 0. The third kappa shape index (κ3) is 4.99. The minimum absolute atomic E-state index is 0.0360. The first kappa shape index (κ1) is 21.6. The van der Waals surface area contributed by atoms with E-state index in [-0.39, 0.29) is 11.1 Å². The second-order valence-corrected chi connectivity index (χ2v) is 8.43. The van der Waals surface area contributed by atoms with Gasteiger partial charge in [-0.25, -0.2) is 14.4 Å². The number of benzene rings is 2. The van der Waals surface area contributed by atoms with Gasteiger partial charge in [-0.05, 0) is 64.0 Å². The predicted molar refractivity (Wildman–Crippen MR) is 121 cm³/mol. The number of aromatic nitrogens is 2. The van der Waals surface area contributed by atoms with E-state index < -0.39 is 5.82 Å². The summed E-state index contributed by atoms with van der Waals surface area (Å²) in [6, 6.07) is 8.76. The minimum atomic E-state index is -0.473. The molecule has 0 aliphatic heterocycles. The van der Waals surface area contributed by atoms with Gasteiger partial charge in [0.2, 0.25) is 5.95 Å². The first-order valence-electron chi connectivity index (χ1n) is 10.3. The highest BCUT2D eigenvalue weighted by molar-refractivity contribution is 6.31. The van der Waals surface area contributed by atoms with Gasteiger partial charge >= 0.3 is 0 Å². The van der Waals surface area contributed by atoms with Gasteiger partial charge in [-0.15, -0.1) is 0 Å². The molecule has 8 heteroatoms. The van der Waals surface area contributed by atoms with Crippen molar-refractivity contribution in [1.82, 2.24) is 14.9 Å². The summed E-state index contributed by atoms with van der Waals surface area (Å²) in [7, 11) is 5.88. The van der Waals surface area contributed by atoms with Crippen LogP contribution in [0.5, 0.6) is 11.5 Å². The third-order valence-corrected chi connectivity index (χ3v) is 6.00. The summed E-state index contributed by atoms with van der Waals surface area (Å²) >= 11 is 5.85. The van der Waals surface area contributed by atoms with Gasteiger partial charge in [-0.3, -0.25) is 0 Å². The van der Waals surface area contributed by atoms with Crippen molar-refractivity contribution in [1.29, 1.82) is 0 Å². The number of halogens is 2. The molecule has 0 unspecified atom stereocenters. The molecule has 2 aromatic carbocycles. The highest BCUT2D eigenvalue weighted by Crippen LogP contribution is 2.35. The van der Waals surface area contributed by atoms with Gasteiger partial charge in [0, 0.05) is 29.4 Å². The van der Waals surface area contributed by atoms with E-state index in [9.17, 15) is 4.39 Å². The Bertz CT molecular complexity index is 1070. The number of nitrogens with one attached hydrogen (secondary N) is 1. The van der Waals surface area contributed by atoms with E-state index >= 15 is 0 Å². The normalized spacial score (nSPS) is 18.9. The number of nitrogens with zero attached hydrogens (tertiary/aromatic N) is 3. The van der Waals surface area contributed by atoms with Crippen LogP contribution in [0.1, 0.15) is 25.7 Å². The molecule has 31 heavy (non-hydrogen) atoms. The molecule has 0 bridgehead atoms. The van der Waals surface area contributed by atoms with E-state index in [1.165, 1.54) is 12.1 Å². The average Bonchev–Trinajstić information content (AvgIpc) is 2.76. The Balaban J connectivity index is 1.52. The lowest BCUT2D eigenvalue weighted by atomic mass is 9.92. The highest BCUT2D eigenvalue weighted by Gasteiger charge is 2.24. The maximum absolute atomic E-state index is 13.4. The molecule has 0 spiro atoms. The maximum atomic E-state index is 13.4. The molecule has 0 saturated heterocycles. The molecule has 1 saturated carbocycles. The fourth-order valence-electron chi connectivity index (χ4n) is 3.91. The van der Waals surface area contributed by atoms with Crippen molar-refractivity contribution >= 4 is 34.1 Å². The van der Waals surface area contributed by atoms with Crippen LogP contribution in [-0.2, 0) is 0 Å². The maximum Gasteiger partial charge on any atom is 0.227 e. The summed E-state index contributed by atoms with van der Waals surface area (Å²) in [6.07, 6.45) is 6.18. The lowest BCUT2D eigenvalue weighted by Crippen LogP contribution is -2.35. The lowest BCUT2D eigenvalue weighted by molar-refractivity contribution is 0.108. The third-order valence-electron chi connectivity index (χ3n) is 5.71. The van der Waals surface area contributed by atoms with E-state index in [0.29, 0.717) is 34.7 Å². The molecule has 1 aliphatic carbocycles. The smallest absolute Gasteiger partial charge is 0.227 e. The van der Waals surface area contributed by atoms with Crippen LogP contribution in [0.2, 0.25) is 5.02 Å². The second-order valence-electron chi connectivity index (χ2n) is 8.02. The number of fused-ring (bicyclic) bond motifs is 1. The molecule has 1 fully saturated rings. The second kappa shape index (κ2) is 9.24. The van der Waals surface area contributed by atoms with Gasteiger partial charge in [0.05, 0.1) is 23.8 Å².